The van der Waals surface area contributed by atoms with Crippen molar-refractivity contribution in [3.8, 4) is 0 Å². The van der Waals surface area contributed by atoms with Crippen molar-refractivity contribution in [2.24, 2.45) is 0 Å². The first-order chi connectivity index (χ1) is 21.9. The number of rotatable bonds is 8. The smallest absolute Gasteiger partial charge is 0.338 e. The SMILES string of the molecule is O=C(OC[C@H]1O[C@@H](n2cc(Cl)c3ccccc3c2=O)[C@H](OC(=O)c2ccccc2)[C@H]1OC(=O)c1ccccc1)c1ccccc1. The van der Waals surface area contributed by atoms with Crippen LogP contribution in [0.1, 0.15) is 37.3 Å². The maximum Gasteiger partial charge on any atom is 0.338 e. The van der Waals surface area contributed by atoms with Crippen LogP contribution in [0.25, 0.3) is 10.8 Å². The number of nitrogens with zero attached hydrogens (tertiary/aromatic N) is 1. The summed E-state index contributed by atoms with van der Waals surface area (Å²) in [4.78, 5) is 53.3. The lowest BCUT2D eigenvalue weighted by atomic mass is 10.1. The summed E-state index contributed by atoms with van der Waals surface area (Å²) < 4.78 is 24.9. The van der Waals surface area contributed by atoms with Gasteiger partial charge in [0.15, 0.2) is 18.4 Å². The van der Waals surface area contributed by atoms with Gasteiger partial charge in [-0.1, -0.05) is 84.4 Å². The molecule has 5 aromatic rings. The minimum absolute atomic E-state index is 0.229. The van der Waals surface area contributed by atoms with Crippen LogP contribution in [0.4, 0.5) is 0 Å². The largest absolute Gasteiger partial charge is 0.459 e. The van der Waals surface area contributed by atoms with Gasteiger partial charge in [0, 0.05) is 17.0 Å². The summed E-state index contributed by atoms with van der Waals surface area (Å²) in [5, 5.41) is 1.08. The number of carbonyl (C=O) groups is 3. The Hall–Kier alpha value is -5.25. The minimum Gasteiger partial charge on any atom is -0.459 e. The molecule has 0 amide bonds. The fourth-order valence-electron chi connectivity index (χ4n) is 5.14. The Kier molecular flexibility index (Phi) is 8.72. The van der Waals surface area contributed by atoms with Gasteiger partial charge < -0.3 is 18.9 Å². The van der Waals surface area contributed by atoms with Crippen molar-refractivity contribution < 1.29 is 33.3 Å². The lowest BCUT2D eigenvalue weighted by molar-refractivity contribution is -0.0632. The molecule has 226 valence electrons. The van der Waals surface area contributed by atoms with Gasteiger partial charge in [0.05, 0.1) is 21.7 Å². The Morgan fingerprint density at radius 2 is 1.11 bits per heavy atom. The van der Waals surface area contributed by atoms with E-state index in [1.54, 1.807) is 115 Å². The van der Waals surface area contributed by atoms with Crippen molar-refractivity contribution in [1.29, 1.82) is 0 Å². The summed E-state index contributed by atoms with van der Waals surface area (Å²) in [6, 6.07) is 31.6. The van der Waals surface area contributed by atoms with Gasteiger partial charge in [0.1, 0.15) is 12.7 Å². The van der Waals surface area contributed by atoms with Gasteiger partial charge in [-0.25, -0.2) is 14.4 Å². The molecule has 0 spiro atoms. The molecule has 4 atom stereocenters. The van der Waals surface area contributed by atoms with Crippen molar-refractivity contribution in [2.75, 3.05) is 6.61 Å². The van der Waals surface area contributed by atoms with Crippen LogP contribution in [0.3, 0.4) is 0 Å². The van der Waals surface area contributed by atoms with Gasteiger partial charge in [0.25, 0.3) is 5.56 Å². The highest BCUT2D eigenvalue weighted by Gasteiger charge is 2.51. The molecule has 9 nitrogen and oxygen atoms in total. The van der Waals surface area contributed by atoms with Gasteiger partial charge in [-0.15, -0.1) is 0 Å². The Morgan fingerprint density at radius 1 is 0.644 bits per heavy atom. The average Bonchev–Trinajstić information content (AvgIpc) is 3.42. The zero-order chi connectivity index (χ0) is 31.3. The van der Waals surface area contributed by atoms with E-state index < -0.39 is 48.0 Å². The van der Waals surface area contributed by atoms with Gasteiger partial charge in [-0.05, 0) is 42.5 Å². The molecule has 0 bridgehead atoms. The topological polar surface area (TPSA) is 110 Å². The number of esters is 3. The molecule has 1 aliphatic rings. The van der Waals surface area contributed by atoms with E-state index in [1.807, 2.05) is 0 Å². The van der Waals surface area contributed by atoms with Crippen molar-refractivity contribution in [3.63, 3.8) is 0 Å². The second-order valence-corrected chi connectivity index (χ2v) is 10.6. The van der Waals surface area contributed by atoms with Crippen LogP contribution >= 0.6 is 11.6 Å². The van der Waals surface area contributed by atoms with Crippen molar-refractivity contribution in [2.45, 2.75) is 24.5 Å². The maximum atomic E-state index is 13.8. The lowest BCUT2D eigenvalue weighted by Crippen LogP contribution is -2.42. The van der Waals surface area contributed by atoms with Crippen LogP contribution in [0.2, 0.25) is 5.02 Å². The molecule has 45 heavy (non-hydrogen) atoms. The maximum absolute atomic E-state index is 13.8. The van der Waals surface area contributed by atoms with Crippen LogP contribution in [0.5, 0.6) is 0 Å². The molecule has 1 aromatic heterocycles. The molecule has 0 radical (unpaired) electrons. The number of benzene rings is 4. The third kappa shape index (κ3) is 6.35. The highest BCUT2D eigenvalue weighted by atomic mass is 35.5. The molecule has 1 fully saturated rings. The second kappa shape index (κ2) is 13.2. The van der Waals surface area contributed by atoms with Crippen LogP contribution in [-0.2, 0) is 18.9 Å². The molecular weight excluding hydrogens is 598 g/mol. The van der Waals surface area contributed by atoms with Gasteiger partial charge >= 0.3 is 17.9 Å². The van der Waals surface area contributed by atoms with E-state index in [4.69, 9.17) is 30.5 Å². The molecule has 0 N–H and O–H groups in total. The molecule has 1 saturated heterocycles. The van der Waals surface area contributed by atoms with Crippen molar-refractivity contribution in [1.82, 2.24) is 4.57 Å². The normalized spacial score (nSPS) is 19.1. The number of halogens is 1. The van der Waals surface area contributed by atoms with Crippen molar-refractivity contribution >= 4 is 40.3 Å². The molecule has 0 unspecified atom stereocenters. The number of fused-ring (bicyclic) bond motifs is 1. The number of hydrogen-bond donors (Lipinski definition) is 0. The third-order valence-electron chi connectivity index (χ3n) is 7.35. The zero-order valence-corrected chi connectivity index (χ0v) is 24.4. The first-order valence-electron chi connectivity index (χ1n) is 14.1. The molecule has 4 aromatic carbocycles. The van der Waals surface area contributed by atoms with Crippen LogP contribution in [0, 0.1) is 0 Å². The van der Waals surface area contributed by atoms with E-state index >= 15 is 0 Å². The number of ether oxygens (including phenoxy) is 4. The van der Waals surface area contributed by atoms with Crippen molar-refractivity contribution in [3.05, 3.63) is 154 Å². The summed E-state index contributed by atoms with van der Waals surface area (Å²) in [5.41, 5.74) is 0.289. The predicted octanol–water partition coefficient (Wildman–Crippen LogP) is 5.86. The Balaban J connectivity index is 1.41. The quantitative estimate of drug-likeness (QED) is 0.156. The van der Waals surface area contributed by atoms with E-state index in [0.717, 1.165) is 0 Å². The Labute approximate surface area is 262 Å². The molecule has 0 saturated carbocycles. The number of hydrogen-bond acceptors (Lipinski definition) is 8. The highest BCUT2D eigenvalue weighted by molar-refractivity contribution is 6.35. The summed E-state index contributed by atoms with van der Waals surface area (Å²) >= 11 is 6.59. The number of carbonyl (C=O) groups excluding carboxylic acids is 3. The molecular formula is C35H26ClNO8. The highest BCUT2D eigenvalue weighted by Crippen LogP contribution is 2.36. The summed E-state index contributed by atoms with van der Waals surface area (Å²) in [5.74, 6) is -2.11. The molecule has 2 heterocycles. The van der Waals surface area contributed by atoms with E-state index in [9.17, 15) is 19.2 Å². The zero-order valence-electron chi connectivity index (χ0n) is 23.7. The predicted molar refractivity (Wildman–Crippen MR) is 165 cm³/mol. The summed E-state index contributed by atoms with van der Waals surface area (Å²) in [7, 11) is 0. The van der Waals surface area contributed by atoms with E-state index in [1.165, 1.54) is 10.8 Å². The monoisotopic (exact) mass is 623 g/mol. The molecule has 1 aliphatic heterocycles. The number of aromatic nitrogens is 1. The first kappa shape index (κ1) is 29.8. The van der Waals surface area contributed by atoms with Crippen LogP contribution in [0.15, 0.2) is 126 Å². The molecule has 0 aliphatic carbocycles. The standard InChI is InChI=1S/C35H26ClNO8/c36-27-20-37(31(38)26-19-11-10-18-25(26)27)32-30(45-35(41)24-16-8-3-9-17-24)29(44-34(40)23-14-6-2-7-15-23)28(43-32)21-42-33(39)22-12-4-1-5-13-22/h1-20,28-30,32H,21H2/t28-,29+,30-,32-/m1/s1. The fraction of sp³-hybridized carbons (Fsp3) is 0.143. The van der Waals surface area contributed by atoms with E-state index in [-0.39, 0.29) is 22.8 Å². The van der Waals surface area contributed by atoms with Crippen LogP contribution < -0.4 is 5.56 Å². The fourth-order valence-corrected chi connectivity index (χ4v) is 5.41. The van der Waals surface area contributed by atoms with E-state index in [2.05, 4.69) is 0 Å². The minimum atomic E-state index is -1.35. The van der Waals surface area contributed by atoms with Gasteiger partial charge in [-0.2, -0.15) is 0 Å². The average molecular weight is 624 g/mol. The Morgan fingerprint density at radius 3 is 1.67 bits per heavy atom. The molecule has 6 rings (SSSR count). The molecule has 10 heteroatoms. The Bertz CT molecular complexity index is 1900. The third-order valence-corrected chi connectivity index (χ3v) is 7.66. The first-order valence-corrected chi connectivity index (χ1v) is 14.5. The second-order valence-electron chi connectivity index (χ2n) is 10.2. The van der Waals surface area contributed by atoms with Gasteiger partial charge in [0.2, 0.25) is 0 Å². The lowest BCUT2D eigenvalue weighted by Gasteiger charge is -2.25. The van der Waals surface area contributed by atoms with Crippen LogP contribution in [-0.4, -0.2) is 47.4 Å². The number of pyridine rings is 1. The van der Waals surface area contributed by atoms with E-state index in [0.29, 0.717) is 16.3 Å². The summed E-state index contributed by atoms with van der Waals surface area (Å²) in [6.07, 6.45) is -3.70. The summed E-state index contributed by atoms with van der Waals surface area (Å²) in [6.45, 7) is -0.383. The van der Waals surface area contributed by atoms with Gasteiger partial charge in [-0.3, -0.25) is 9.36 Å².